The van der Waals surface area contributed by atoms with Gasteiger partial charge in [-0.2, -0.15) is 4.98 Å². The van der Waals surface area contributed by atoms with E-state index in [-0.39, 0.29) is 6.42 Å². The molecule has 0 saturated heterocycles. The van der Waals surface area contributed by atoms with E-state index in [4.69, 9.17) is 16.1 Å². The minimum Gasteiger partial charge on any atom is -0.339 e. The smallest absolute Gasteiger partial charge is 0.231 e. The monoisotopic (exact) mass is 236 g/mol. The molecule has 0 unspecified atom stereocenters. The maximum absolute atomic E-state index is 10.2. The number of halogens is 1. The summed E-state index contributed by atoms with van der Waals surface area (Å²) < 4.78 is 5.00. The highest BCUT2D eigenvalue weighted by atomic mass is 35.5. The van der Waals surface area contributed by atoms with Crippen molar-refractivity contribution >= 4 is 17.9 Å². The molecule has 0 saturated carbocycles. The average molecular weight is 237 g/mol. The van der Waals surface area contributed by atoms with E-state index in [1.54, 1.807) is 6.07 Å². The fourth-order valence-corrected chi connectivity index (χ4v) is 1.55. The Kier molecular flexibility index (Phi) is 3.31. The quantitative estimate of drug-likeness (QED) is 0.763. The molecule has 0 fully saturated rings. The van der Waals surface area contributed by atoms with Gasteiger partial charge in [0.05, 0.1) is 12.8 Å². The zero-order chi connectivity index (χ0) is 11.4. The van der Waals surface area contributed by atoms with E-state index in [2.05, 4.69) is 10.1 Å². The van der Waals surface area contributed by atoms with Crippen LogP contribution in [0.5, 0.6) is 0 Å². The van der Waals surface area contributed by atoms with Gasteiger partial charge in [0.15, 0.2) is 5.82 Å². The summed E-state index contributed by atoms with van der Waals surface area (Å²) in [6.45, 7) is 0. The molecule has 1 heterocycles. The van der Waals surface area contributed by atoms with Crippen LogP contribution in [0.1, 0.15) is 17.3 Å². The Morgan fingerprint density at radius 2 is 2.31 bits per heavy atom. The van der Waals surface area contributed by atoms with Crippen LogP contribution in [0.4, 0.5) is 0 Å². The van der Waals surface area contributed by atoms with Crippen LogP contribution < -0.4 is 0 Å². The Bertz CT molecular complexity index is 496. The molecule has 82 valence electrons. The Labute approximate surface area is 97.2 Å². The molecule has 0 N–H and O–H groups in total. The predicted octanol–water partition coefficient (Wildman–Crippen LogP) is 2.06. The van der Waals surface area contributed by atoms with Gasteiger partial charge in [0.2, 0.25) is 5.89 Å². The Morgan fingerprint density at radius 3 is 3.06 bits per heavy atom. The van der Waals surface area contributed by atoms with E-state index in [0.717, 1.165) is 11.8 Å². The second-order valence-corrected chi connectivity index (χ2v) is 3.72. The second-order valence-electron chi connectivity index (χ2n) is 3.28. The van der Waals surface area contributed by atoms with E-state index in [1.807, 2.05) is 18.2 Å². The molecule has 2 aromatic rings. The SMILES string of the molecule is O=CCc1noc(Cc2cccc(Cl)c2)n1. The number of carbonyl (C=O) groups excluding carboxylic acids is 1. The minimum atomic E-state index is 0.180. The van der Waals surface area contributed by atoms with Crippen molar-refractivity contribution in [3.05, 3.63) is 46.6 Å². The summed E-state index contributed by atoms with van der Waals surface area (Å²) in [4.78, 5) is 14.3. The lowest BCUT2D eigenvalue weighted by molar-refractivity contribution is -0.107. The van der Waals surface area contributed by atoms with E-state index < -0.39 is 0 Å². The van der Waals surface area contributed by atoms with Crippen molar-refractivity contribution < 1.29 is 9.32 Å². The molecule has 0 radical (unpaired) electrons. The molecule has 16 heavy (non-hydrogen) atoms. The minimum absolute atomic E-state index is 0.180. The van der Waals surface area contributed by atoms with E-state index >= 15 is 0 Å². The molecular formula is C11H9ClN2O2. The molecule has 0 amide bonds. The van der Waals surface area contributed by atoms with Gasteiger partial charge >= 0.3 is 0 Å². The number of aldehydes is 1. The van der Waals surface area contributed by atoms with Crippen molar-refractivity contribution in [1.29, 1.82) is 0 Å². The first-order chi connectivity index (χ1) is 7.78. The number of hydrogen-bond acceptors (Lipinski definition) is 4. The fourth-order valence-electron chi connectivity index (χ4n) is 1.34. The molecule has 4 nitrogen and oxygen atoms in total. The summed E-state index contributed by atoms with van der Waals surface area (Å²) in [5, 5.41) is 4.35. The number of hydrogen-bond donors (Lipinski definition) is 0. The summed E-state index contributed by atoms with van der Waals surface area (Å²) in [5.41, 5.74) is 0.994. The predicted molar refractivity (Wildman–Crippen MR) is 58.3 cm³/mol. The molecule has 2 rings (SSSR count). The van der Waals surface area contributed by atoms with Gasteiger partial charge in [0.1, 0.15) is 6.29 Å². The van der Waals surface area contributed by atoms with E-state index in [0.29, 0.717) is 23.2 Å². The first-order valence-electron chi connectivity index (χ1n) is 4.77. The average Bonchev–Trinajstić information content (AvgIpc) is 2.66. The van der Waals surface area contributed by atoms with Crippen LogP contribution in [0.25, 0.3) is 0 Å². The van der Waals surface area contributed by atoms with Crippen LogP contribution in [0.15, 0.2) is 28.8 Å². The number of benzene rings is 1. The highest BCUT2D eigenvalue weighted by Gasteiger charge is 2.06. The molecule has 1 aromatic carbocycles. The van der Waals surface area contributed by atoms with E-state index in [1.165, 1.54) is 0 Å². The fraction of sp³-hybridized carbons (Fsp3) is 0.182. The number of carbonyl (C=O) groups is 1. The van der Waals surface area contributed by atoms with Crippen LogP contribution in [0.3, 0.4) is 0 Å². The molecule has 0 aliphatic carbocycles. The van der Waals surface area contributed by atoms with Crippen molar-refractivity contribution in [2.75, 3.05) is 0 Å². The van der Waals surface area contributed by atoms with Gasteiger partial charge in [-0.1, -0.05) is 28.9 Å². The molecule has 0 atom stereocenters. The first-order valence-corrected chi connectivity index (χ1v) is 5.15. The van der Waals surface area contributed by atoms with Crippen LogP contribution in [0.2, 0.25) is 5.02 Å². The Balaban J connectivity index is 2.11. The second kappa shape index (κ2) is 4.90. The zero-order valence-electron chi connectivity index (χ0n) is 8.39. The first kappa shape index (κ1) is 10.8. The topological polar surface area (TPSA) is 56.0 Å². The van der Waals surface area contributed by atoms with Gasteiger partial charge in [-0.05, 0) is 17.7 Å². The summed E-state index contributed by atoms with van der Waals surface area (Å²) >= 11 is 5.85. The zero-order valence-corrected chi connectivity index (χ0v) is 9.15. The molecule has 0 aliphatic rings. The summed E-state index contributed by atoms with van der Waals surface area (Å²) in [6.07, 6.45) is 1.44. The molecule has 0 aliphatic heterocycles. The van der Waals surface area contributed by atoms with Gasteiger partial charge in [-0.25, -0.2) is 0 Å². The van der Waals surface area contributed by atoms with Gasteiger partial charge in [-0.3, -0.25) is 0 Å². The number of aromatic nitrogens is 2. The lowest BCUT2D eigenvalue weighted by atomic mass is 10.1. The van der Waals surface area contributed by atoms with Crippen molar-refractivity contribution in [2.24, 2.45) is 0 Å². The third-order valence-electron chi connectivity index (χ3n) is 2.02. The van der Waals surface area contributed by atoms with Crippen LogP contribution in [-0.2, 0) is 17.6 Å². The third kappa shape index (κ3) is 2.67. The highest BCUT2D eigenvalue weighted by molar-refractivity contribution is 6.30. The molecule has 5 heteroatoms. The van der Waals surface area contributed by atoms with Crippen molar-refractivity contribution in [1.82, 2.24) is 10.1 Å². The van der Waals surface area contributed by atoms with Crippen molar-refractivity contribution in [3.63, 3.8) is 0 Å². The van der Waals surface area contributed by atoms with Crippen LogP contribution in [-0.4, -0.2) is 16.4 Å². The molecule has 1 aromatic heterocycles. The Hall–Kier alpha value is -1.68. The summed E-state index contributed by atoms with van der Waals surface area (Å²) in [7, 11) is 0. The maximum Gasteiger partial charge on any atom is 0.231 e. The van der Waals surface area contributed by atoms with Crippen LogP contribution >= 0.6 is 11.6 Å². The van der Waals surface area contributed by atoms with Crippen molar-refractivity contribution in [3.8, 4) is 0 Å². The van der Waals surface area contributed by atoms with Crippen LogP contribution in [0, 0.1) is 0 Å². The largest absolute Gasteiger partial charge is 0.339 e. The van der Waals surface area contributed by atoms with Crippen molar-refractivity contribution in [2.45, 2.75) is 12.8 Å². The van der Waals surface area contributed by atoms with Gasteiger partial charge in [0, 0.05) is 5.02 Å². The lowest BCUT2D eigenvalue weighted by Crippen LogP contribution is -1.91. The molecule has 0 spiro atoms. The molecular weight excluding hydrogens is 228 g/mol. The summed E-state index contributed by atoms with van der Waals surface area (Å²) in [6, 6.07) is 7.43. The van der Waals surface area contributed by atoms with Gasteiger partial charge in [-0.15, -0.1) is 0 Å². The summed E-state index contributed by atoms with van der Waals surface area (Å²) in [5.74, 6) is 0.895. The maximum atomic E-state index is 10.2. The standard InChI is InChI=1S/C11H9ClN2O2/c12-9-3-1-2-8(6-9)7-11-13-10(4-5-15)14-16-11/h1-3,5-6H,4,7H2. The van der Waals surface area contributed by atoms with Gasteiger partial charge in [0.25, 0.3) is 0 Å². The third-order valence-corrected chi connectivity index (χ3v) is 2.26. The van der Waals surface area contributed by atoms with E-state index in [9.17, 15) is 4.79 Å². The lowest BCUT2D eigenvalue weighted by Gasteiger charge is -1.96. The van der Waals surface area contributed by atoms with Gasteiger partial charge < -0.3 is 9.32 Å². The normalized spacial score (nSPS) is 10.3. The number of rotatable bonds is 4. The highest BCUT2D eigenvalue weighted by Crippen LogP contribution is 2.13. The number of nitrogens with zero attached hydrogens (tertiary/aromatic N) is 2. The molecule has 0 bridgehead atoms. The Morgan fingerprint density at radius 1 is 1.44 bits per heavy atom.